The Morgan fingerprint density at radius 3 is 2.08 bits per heavy atom. The summed E-state index contributed by atoms with van der Waals surface area (Å²) >= 11 is 0. The number of benzene rings is 1. The van der Waals surface area contributed by atoms with Crippen LogP contribution in [0.15, 0.2) is 30.5 Å². The number of hydrogen-bond acceptors (Lipinski definition) is 2. The average Bonchev–Trinajstić information content (AvgIpc) is 2.53. The van der Waals surface area contributed by atoms with Gasteiger partial charge in [-0.3, -0.25) is 0 Å². The molecule has 1 fully saturated rings. The Labute approximate surface area is 150 Å². The summed E-state index contributed by atoms with van der Waals surface area (Å²) in [7, 11) is 0. The summed E-state index contributed by atoms with van der Waals surface area (Å²) in [5.74, 6) is -3.37. The van der Waals surface area contributed by atoms with Gasteiger partial charge < -0.3 is 10.6 Å². The summed E-state index contributed by atoms with van der Waals surface area (Å²) in [5.41, 5.74) is -1.93. The topological polar surface area (TPSA) is 24.1 Å². The van der Waals surface area contributed by atoms with Gasteiger partial charge in [0.1, 0.15) is 0 Å². The van der Waals surface area contributed by atoms with E-state index in [0.717, 1.165) is 37.9 Å². The number of hydrogen-bond donors (Lipinski definition) is 2. The molecule has 0 spiro atoms. The van der Waals surface area contributed by atoms with Crippen LogP contribution in [0.25, 0.3) is 0 Å². The lowest BCUT2D eigenvalue weighted by molar-refractivity contribution is -0.137. The summed E-state index contributed by atoms with van der Waals surface area (Å²) in [4.78, 5) is 0. The van der Waals surface area contributed by atoms with Crippen LogP contribution in [0.5, 0.6) is 0 Å². The minimum absolute atomic E-state index is 0.0147. The molecule has 26 heavy (non-hydrogen) atoms. The second kappa shape index (κ2) is 7.18. The SMILES string of the molecule is C=C(NC(C)(C)c1cc(C(C)(F)F)cc(C(F)(F)F)c1)[C@@H]1CCCCN1. The lowest BCUT2D eigenvalue weighted by Gasteiger charge is -2.35. The summed E-state index contributed by atoms with van der Waals surface area (Å²) < 4.78 is 67.0. The van der Waals surface area contributed by atoms with E-state index in [-0.39, 0.29) is 11.6 Å². The smallest absolute Gasteiger partial charge is 0.379 e. The van der Waals surface area contributed by atoms with Crippen molar-refractivity contribution >= 4 is 0 Å². The fraction of sp³-hybridized carbons (Fsp3) is 0.579. The van der Waals surface area contributed by atoms with Crippen molar-refractivity contribution in [2.75, 3.05) is 6.54 Å². The molecule has 2 N–H and O–H groups in total. The van der Waals surface area contributed by atoms with E-state index in [1.165, 1.54) is 0 Å². The molecule has 0 saturated carbocycles. The first-order chi connectivity index (χ1) is 11.8. The van der Waals surface area contributed by atoms with E-state index in [1.54, 1.807) is 13.8 Å². The van der Waals surface area contributed by atoms with Crippen LogP contribution in [0.3, 0.4) is 0 Å². The first-order valence-electron chi connectivity index (χ1n) is 8.62. The van der Waals surface area contributed by atoms with Crippen molar-refractivity contribution in [1.29, 1.82) is 0 Å². The van der Waals surface area contributed by atoms with Crippen LogP contribution in [0.1, 0.15) is 56.7 Å². The van der Waals surface area contributed by atoms with Gasteiger partial charge in [-0.05, 0) is 57.0 Å². The molecular formula is C19H25F5N2. The first-order valence-corrected chi connectivity index (χ1v) is 8.62. The maximum Gasteiger partial charge on any atom is 0.416 e. The van der Waals surface area contributed by atoms with E-state index in [9.17, 15) is 22.0 Å². The number of rotatable bonds is 5. The molecule has 2 rings (SSSR count). The molecule has 7 heteroatoms. The molecule has 1 aromatic rings. The Kier molecular flexibility index (Phi) is 5.71. The largest absolute Gasteiger partial charge is 0.416 e. The number of alkyl halides is 5. The highest BCUT2D eigenvalue weighted by Crippen LogP contribution is 2.38. The summed E-state index contributed by atoms with van der Waals surface area (Å²) in [6.45, 7) is 8.75. The average molecular weight is 376 g/mol. The highest BCUT2D eigenvalue weighted by atomic mass is 19.4. The van der Waals surface area contributed by atoms with Gasteiger partial charge in [-0.1, -0.05) is 13.0 Å². The fourth-order valence-corrected chi connectivity index (χ4v) is 3.12. The van der Waals surface area contributed by atoms with Crippen molar-refractivity contribution < 1.29 is 22.0 Å². The van der Waals surface area contributed by atoms with E-state index < -0.39 is 28.8 Å². The highest BCUT2D eigenvalue weighted by Gasteiger charge is 2.36. The maximum atomic E-state index is 13.7. The number of piperidine rings is 1. The number of halogens is 5. The molecule has 0 unspecified atom stereocenters. The highest BCUT2D eigenvalue weighted by molar-refractivity contribution is 5.38. The van der Waals surface area contributed by atoms with Crippen molar-refractivity contribution in [1.82, 2.24) is 10.6 Å². The third kappa shape index (κ3) is 4.96. The van der Waals surface area contributed by atoms with Gasteiger partial charge in [0.05, 0.1) is 11.1 Å². The van der Waals surface area contributed by atoms with Gasteiger partial charge in [0.25, 0.3) is 5.92 Å². The molecule has 2 nitrogen and oxygen atoms in total. The molecule has 1 aromatic carbocycles. The molecule has 1 aliphatic rings. The minimum Gasteiger partial charge on any atom is -0.379 e. The van der Waals surface area contributed by atoms with E-state index >= 15 is 0 Å². The van der Waals surface area contributed by atoms with E-state index in [1.807, 2.05) is 0 Å². The molecule has 0 bridgehead atoms. The van der Waals surface area contributed by atoms with Crippen LogP contribution >= 0.6 is 0 Å². The third-order valence-electron chi connectivity index (χ3n) is 4.69. The number of nitrogens with one attached hydrogen (secondary N) is 2. The molecule has 1 saturated heterocycles. The Balaban J connectivity index is 2.36. The monoisotopic (exact) mass is 376 g/mol. The quantitative estimate of drug-likeness (QED) is 0.682. The summed E-state index contributed by atoms with van der Waals surface area (Å²) in [5, 5.41) is 6.43. The van der Waals surface area contributed by atoms with Crippen molar-refractivity contribution in [3.63, 3.8) is 0 Å². The Morgan fingerprint density at radius 2 is 1.58 bits per heavy atom. The minimum atomic E-state index is -4.70. The molecule has 1 heterocycles. The molecule has 0 aliphatic carbocycles. The maximum absolute atomic E-state index is 13.7. The summed E-state index contributed by atoms with van der Waals surface area (Å²) in [6, 6.07) is 2.57. The molecule has 0 aromatic heterocycles. The third-order valence-corrected chi connectivity index (χ3v) is 4.69. The zero-order chi connectivity index (χ0) is 19.8. The predicted octanol–water partition coefficient (Wildman–Crippen LogP) is 5.30. The van der Waals surface area contributed by atoms with Crippen LogP contribution in [-0.2, 0) is 17.6 Å². The van der Waals surface area contributed by atoms with Crippen molar-refractivity contribution in [3.8, 4) is 0 Å². The predicted molar refractivity (Wildman–Crippen MR) is 92.0 cm³/mol. The molecule has 146 valence electrons. The van der Waals surface area contributed by atoms with E-state index in [4.69, 9.17) is 0 Å². The standard InChI is InChI=1S/C19H25F5N2/c1-12(16-7-5-6-8-25-16)26-17(2,3)13-9-14(18(4,20)21)11-15(10-13)19(22,23)24/h9-11,16,25-26H,1,5-8H2,2-4H3/t16-/m0/s1. The van der Waals surface area contributed by atoms with Gasteiger partial charge in [0.2, 0.25) is 0 Å². The lowest BCUT2D eigenvalue weighted by atomic mass is 9.88. The fourth-order valence-electron chi connectivity index (χ4n) is 3.12. The van der Waals surface area contributed by atoms with Crippen LogP contribution in [0.2, 0.25) is 0 Å². The van der Waals surface area contributed by atoms with Crippen LogP contribution in [-0.4, -0.2) is 12.6 Å². The van der Waals surface area contributed by atoms with Gasteiger partial charge in [-0.2, -0.15) is 13.2 Å². The zero-order valence-corrected chi connectivity index (χ0v) is 15.2. The molecule has 1 aliphatic heterocycles. The van der Waals surface area contributed by atoms with Crippen molar-refractivity contribution in [2.45, 2.75) is 63.7 Å². The van der Waals surface area contributed by atoms with E-state index in [2.05, 4.69) is 17.2 Å². The van der Waals surface area contributed by atoms with Crippen LogP contribution < -0.4 is 10.6 Å². The lowest BCUT2D eigenvalue weighted by Crippen LogP contribution is -2.45. The zero-order valence-electron chi connectivity index (χ0n) is 15.2. The first kappa shape index (κ1) is 20.7. The molecule has 0 radical (unpaired) electrons. The van der Waals surface area contributed by atoms with Gasteiger partial charge in [0, 0.05) is 24.2 Å². The Bertz CT molecular complexity index is 621. The van der Waals surface area contributed by atoms with Gasteiger partial charge in [0.15, 0.2) is 0 Å². The van der Waals surface area contributed by atoms with Gasteiger partial charge in [-0.25, -0.2) is 8.78 Å². The second-order valence-electron chi connectivity index (χ2n) is 7.46. The molecule has 1 atom stereocenters. The second-order valence-corrected chi connectivity index (χ2v) is 7.46. The molecule has 0 amide bonds. The van der Waals surface area contributed by atoms with Gasteiger partial charge in [-0.15, -0.1) is 0 Å². The Morgan fingerprint density at radius 1 is 1.00 bits per heavy atom. The summed E-state index contributed by atoms with van der Waals surface area (Å²) in [6.07, 6.45) is -1.72. The van der Waals surface area contributed by atoms with Crippen molar-refractivity contribution in [3.05, 3.63) is 47.2 Å². The van der Waals surface area contributed by atoms with E-state index in [0.29, 0.717) is 18.7 Å². The van der Waals surface area contributed by atoms with Crippen LogP contribution in [0.4, 0.5) is 22.0 Å². The van der Waals surface area contributed by atoms with Gasteiger partial charge >= 0.3 is 6.18 Å². The van der Waals surface area contributed by atoms with Crippen molar-refractivity contribution in [2.24, 2.45) is 0 Å². The van der Waals surface area contributed by atoms with Crippen LogP contribution in [0, 0.1) is 0 Å². The normalized spacial score (nSPS) is 19.3. The molecular weight excluding hydrogens is 351 g/mol. The Hall–Kier alpha value is -1.63.